The van der Waals surface area contributed by atoms with Crippen LogP contribution in [-0.4, -0.2) is 33.8 Å². The monoisotopic (exact) mass is 356 g/mol. The fourth-order valence-electron chi connectivity index (χ4n) is 2.18. The van der Waals surface area contributed by atoms with Crippen molar-refractivity contribution >= 4 is 11.8 Å². The van der Waals surface area contributed by atoms with E-state index in [-0.39, 0.29) is 17.0 Å². The standard InChI is InChI=1S/C16H24N2O2.BrH/c1-7-10-18(5,6)15-11-13(20-16(19)17-4)8-9-14(15)12(2)3;/h7-9,11-12H,1,10H2,2-6H3;1H. The molecule has 4 nitrogen and oxygen atoms in total. The van der Waals surface area contributed by atoms with Crippen molar-refractivity contribution in [3.8, 4) is 5.75 Å². The van der Waals surface area contributed by atoms with E-state index in [4.69, 9.17) is 4.74 Å². The fourth-order valence-corrected chi connectivity index (χ4v) is 2.18. The lowest BCUT2D eigenvalue weighted by atomic mass is 9.99. The van der Waals surface area contributed by atoms with Gasteiger partial charge >= 0.3 is 6.09 Å². The Morgan fingerprint density at radius 3 is 2.52 bits per heavy atom. The second-order valence-electron chi connectivity index (χ2n) is 5.67. The maximum atomic E-state index is 11.3. The van der Waals surface area contributed by atoms with Gasteiger partial charge in [-0.1, -0.05) is 20.4 Å². The molecule has 5 heteroatoms. The minimum absolute atomic E-state index is 0. The van der Waals surface area contributed by atoms with Crippen LogP contribution in [0.4, 0.5) is 10.5 Å². The number of nitrogens with one attached hydrogen (secondary N) is 1. The molecule has 1 aromatic rings. The zero-order chi connectivity index (χ0) is 15.3. The van der Waals surface area contributed by atoms with Gasteiger partial charge in [0.1, 0.15) is 18.0 Å². The summed E-state index contributed by atoms with van der Waals surface area (Å²) < 4.78 is 5.89. The highest BCUT2D eigenvalue weighted by atomic mass is 79.9. The summed E-state index contributed by atoms with van der Waals surface area (Å²) in [5.41, 5.74) is 2.39. The molecule has 1 N–H and O–H groups in total. The fraction of sp³-hybridized carbons (Fsp3) is 0.438. The molecule has 1 rings (SSSR count). The summed E-state index contributed by atoms with van der Waals surface area (Å²) in [7, 11) is 5.78. The van der Waals surface area contributed by atoms with Crippen molar-refractivity contribution in [2.45, 2.75) is 19.8 Å². The second-order valence-corrected chi connectivity index (χ2v) is 5.67. The normalized spacial score (nSPS) is 10.8. The molecule has 0 bridgehead atoms. The Morgan fingerprint density at radius 1 is 1.43 bits per heavy atom. The summed E-state index contributed by atoms with van der Waals surface area (Å²) in [6.07, 6.45) is 1.44. The van der Waals surface area contributed by atoms with Crippen LogP contribution in [0.2, 0.25) is 0 Å². The van der Waals surface area contributed by atoms with E-state index in [2.05, 4.69) is 39.8 Å². The molecule has 0 heterocycles. The second kappa shape index (κ2) is 8.20. The van der Waals surface area contributed by atoms with Crippen LogP contribution in [0.5, 0.6) is 5.75 Å². The Balaban J connectivity index is 0.00000400. The van der Waals surface area contributed by atoms with E-state index >= 15 is 0 Å². The van der Waals surface area contributed by atoms with Gasteiger partial charge in [-0.2, -0.15) is 0 Å². The number of carbonyl (C=O) groups excluding carboxylic acids is 1. The summed E-state index contributed by atoms with van der Waals surface area (Å²) in [4.78, 5) is 11.3. The predicted molar refractivity (Wildman–Crippen MR) is 84.3 cm³/mol. The highest BCUT2D eigenvalue weighted by molar-refractivity contribution is 5.70. The maximum Gasteiger partial charge on any atom is 0.412 e. The lowest BCUT2D eigenvalue weighted by molar-refractivity contribution is -0.00000944. The van der Waals surface area contributed by atoms with Crippen LogP contribution in [0, 0.1) is 0 Å². The number of likely N-dealkylation sites (N-methyl/N-ethyl adjacent to an activating group) is 1. The van der Waals surface area contributed by atoms with Gasteiger partial charge in [-0.3, -0.25) is 4.48 Å². The summed E-state index contributed by atoms with van der Waals surface area (Å²) >= 11 is 0. The third kappa shape index (κ3) is 5.17. The molecule has 0 saturated heterocycles. The summed E-state index contributed by atoms with van der Waals surface area (Å²) in [6.45, 7) is 8.95. The van der Waals surface area contributed by atoms with E-state index in [9.17, 15) is 4.79 Å². The zero-order valence-electron chi connectivity index (χ0n) is 13.4. The number of hydrogen-bond donors (Lipinski definition) is 1. The zero-order valence-corrected chi connectivity index (χ0v) is 15.0. The average Bonchev–Trinajstić information content (AvgIpc) is 2.38. The van der Waals surface area contributed by atoms with E-state index in [0.717, 1.165) is 12.2 Å². The Labute approximate surface area is 138 Å². The van der Waals surface area contributed by atoms with Crippen LogP contribution in [-0.2, 0) is 0 Å². The number of rotatable bonds is 5. The van der Waals surface area contributed by atoms with Gasteiger partial charge in [0, 0.05) is 18.7 Å². The van der Waals surface area contributed by atoms with Crippen LogP contribution >= 0.6 is 0 Å². The molecule has 1 amide bonds. The molecule has 0 radical (unpaired) electrons. The van der Waals surface area contributed by atoms with Gasteiger partial charge in [0.15, 0.2) is 0 Å². The molecule has 118 valence electrons. The summed E-state index contributed by atoms with van der Waals surface area (Å²) in [5, 5.41) is 2.45. The number of benzene rings is 1. The quantitative estimate of drug-likeness (QED) is 0.608. The van der Waals surface area contributed by atoms with E-state index in [1.165, 1.54) is 5.56 Å². The van der Waals surface area contributed by atoms with Gasteiger partial charge in [0.2, 0.25) is 0 Å². The van der Waals surface area contributed by atoms with Gasteiger partial charge in [-0.25, -0.2) is 4.79 Å². The lowest BCUT2D eigenvalue weighted by Crippen LogP contribution is -3.00. The number of hydrogen-bond acceptors (Lipinski definition) is 2. The lowest BCUT2D eigenvalue weighted by Gasteiger charge is -2.31. The topological polar surface area (TPSA) is 38.3 Å². The van der Waals surface area contributed by atoms with Gasteiger partial charge in [0.25, 0.3) is 0 Å². The number of nitrogens with zero attached hydrogens (tertiary/aromatic N) is 1. The maximum absolute atomic E-state index is 11.3. The third-order valence-corrected chi connectivity index (χ3v) is 3.28. The first kappa shape index (κ1) is 19.7. The van der Waals surface area contributed by atoms with Gasteiger partial charge < -0.3 is 27.0 Å². The Morgan fingerprint density at radius 2 is 2.05 bits per heavy atom. The molecule has 0 fully saturated rings. The van der Waals surface area contributed by atoms with Crippen molar-refractivity contribution in [1.29, 1.82) is 0 Å². The third-order valence-electron chi connectivity index (χ3n) is 3.28. The average molecular weight is 357 g/mol. The molecule has 0 unspecified atom stereocenters. The van der Waals surface area contributed by atoms with E-state index in [1.54, 1.807) is 7.05 Å². The molecule has 0 aromatic heterocycles. The van der Waals surface area contributed by atoms with Gasteiger partial charge in [-0.15, -0.1) is 0 Å². The SMILES string of the molecule is C=CC[N+](C)(C)c1cc(OC(=O)NC)ccc1C(C)C.[Br-]. The molecule has 0 atom stereocenters. The van der Waals surface area contributed by atoms with E-state index in [0.29, 0.717) is 16.2 Å². The van der Waals surface area contributed by atoms with Crippen LogP contribution in [0.3, 0.4) is 0 Å². The smallest absolute Gasteiger partial charge is 0.412 e. The molecule has 21 heavy (non-hydrogen) atoms. The predicted octanol–water partition coefficient (Wildman–Crippen LogP) is 0.285. The molecule has 0 aliphatic heterocycles. The van der Waals surface area contributed by atoms with Crippen molar-refractivity contribution in [1.82, 2.24) is 9.80 Å². The van der Waals surface area contributed by atoms with Crippen molar-refractivity contribution in [2.24, 2.45) is 0 Å². The molecule has 0 saturated carbocycles. The highest BCUT2D eigenvalue weighted by Crippen LogP contribution is 2.33. The van der Waals surface area contributed by atoms with Crippen LogP contribution < -0.4 is 31.5 Å². The van der Waals surface area contributed by atoms with E-state index < -0.39 is 6.09 Å². The van der Waals surface area contributed by atoms with Crippen molar-refractivity contribution in [3.63, 3.8) is 0 Å². The van der Waals surface area contributed by atoms with E-state index in [1.807, 2.05) is 24.3 Å². The van der Waals surface area contributed by atoms with Gasteiger partial charge in [0.05, 0.1) is 14.1 Å². The first-order chi connectivity index (χ1) is 9.31. The van der Waals surface area contributed by atoms with Gasteiger partial charge in [-0.05, 0) is 24.1 Å². The van der Waals surface area contributed by atoms with Crippen molar-refractivity contribution in [2.75, 3.05) is 27.7 Å². The Bertz CT molecular complexity index is 499. The molecule has 1 aromatic carbocycles. The number of amides is 1. The first-order valence-corrected chi connectivity index (χ1v) is 6.79. The molecule has 0 spiro atoms. The largest absolute Gasteiger partial charge is 1.00 e. The Kier molecular flexibility index (Phi) is 7.68. The van der Waals surface area contributed by atoms with Crippen molar-refractivity contribution < 1.29 is 26.5 Å². The number of quaternary nitrogens is 1. The van der Waals surface area contributed by atoms with Crippen LogP contribution in [0.15, 0.2) is 30.9 Å². The highest BCUT2D eigenvalue weighted by Gasteiger charge is 2.24. The number of halogens is 1. The molecule has 0 aliphatic carbocycles. The molecular weight excluding hydrogens is 332 g/mol. The summed E-state index contributed by atoms with van der Waals surface area (Å²) in [6, 6.07) is 5.80. The summed E-state index contributed by atoms with van der Waals surface area (Å²) in [5.74, 6) is 0.959. The number of ether oxygens (including phenoxy) is 1. The minimum atomic E-state index is -0.456. The first-order valence-electron chi connectivity index (χ1n) is 6.79. The van der Waals surface area contributed by atoms with Crippen molar-refractivity contribution in [3.05, 3.63) is 36.4 Å². The van der Waals surface area contributed by atoms with Crippen LogP contribution in [0.1, 0.15) is 25.3 Å². The number of carbonyl (C=O) groups is 1. The Hall–Kier alpha value is -1.33. The molecular formula is C16H25BrN2O2. The van der Waals surface area contributed by atoms with Crippen LogP contribution in [0.25, 0.3) is 0 Å². The minimum Gasteiger partial charge on any atom is -1.00 e. The molecule has 0 aliphatic rings.